The largest absolute Gasteiger partial charge is 0.396 e. The molecule has 1 amide bonds. The molecule has 0 radical (unpaired) electrons. The smallest absolute Gasteiger partial charge is 0.216 e. The third-order valence-corrected chi connectivity index (χ3v) is 2.56. The number of nitrogens with one attached hydrogen (secondary N) is 1. The Bertz CT molecular complexity index is 466. The van der Waals surface area contributed by atoms with Crippen molar-refractivity contribution in [3.8, 4) is 11.8 Å². The second-order valence-corrected chi connectivity index (χ2v) is 4.20. The molecule has 0 unspecified atom stereocenters. The van der Waals surface area contributed by atoms with Gasteiger partial charge >= 0.3 is 0 Å². The topological polar surface area (TPSA) is 55.1 Å². The second-order valence-electron chi connectivity index (χ2n) is 3.39. The minimum absolute atomic E-state index is 0.0645. The fraction of sp³-hybridized carbons (Fsp3) is 0.250. The van der Waals surface area contributed by atoms with Gasteiger partial charge in [0.1, 0.15) is 0 Å². The number of rotatable bonds is 2. The third-order valence-electron chi connectivity index (χ3n) is 1.94. The molecule has 1 aromatic carbocycles. The summed E-state index contributed by atoms with van der Waals surface area (Å²) in [6.07, 6.45) is 0.569. The number of hydrogen-bond donors (Lipinski definition) is 2. The van der Waals surface area contributed by atoms with Crippen molar-refractivity contribution < 1.29 is 4.79 Å². The van der Waals surface area contributed by atoms with Crippen LogP contribution in [-0.4, -0.2) is 12.5 Å². The summed E-state index contributed by atoms with van der Waals surface area (Å²) in [5.74, 6) is 5.75. The van der Waals surface area contributed by atoms with Gasteiger partial charge in [0.2, 0.25) is 5.91 Å². The van der Waals surface area contributed by atoms with Crippen LogP contribution < -0.4 is 11.1 Å². The maximum Gasteiger partial charge on any atom is 0.216 e. The zero-order valence-electron chi connectivity index (χ0n) is 9.31. The van der Waals surface area contributed by atoms with Gasteiger partial charge in [-0.25, -0.2) is 0 Å². The molecule has 0 spiro atoms. The monoisotopic (exact) mass is 270 g/mol. The SMILES string of the molecule is CC(=O)NCCC#Cc1cc(Cl)c(N)c(Cl)c1. The molecular formula is C12H12Cl2N2O. The minimum Gasteiger partial charge on any atom is -0.396 e. The van der Waals surface area contributed by atoms with Crippen LogP contribution in [0.25, 0.3) is 0 Å². The van der Waals surface area contributed by atoms with Crippen molar-refractivity contribution in [2.45, 2.75) is 13.3 Å². The molecule has 0 fully saturated rings. The number of nitrogens with two attached hydrogens (primary N) is 1. The number of nitrogen functional groups attached to an aromatic ring is 1. The predicted molar refractivity (Wildman–Crippen MR) is 71.1 cm³/mol. The molecule has 0 aliphatic carbocycles. The van der Waals surface area contributed by atoms with Crippen LogP contribution in [0.1, 0.15) is 18.9 Å². The van der Waals surface area contributed by atoms with Gasteiger partial charge in [0, 0.05) is 25.5 Å². The normalized spacial score (nSPS) is 9.35. The van der Waals surface area contributed by atoms with Crippen LogP contribution in [0.4, 0.5) is 5.69 Å². The summed E-state index contributed by atoms with van der Waals surface area (Å²) in [6, 6.07) is 3.32. The van der Waals surface area contributed by atoms with Crippen molar-refractivity contribution in [1.29, 1.82) is 0 Å². The highest BCUT2D eigenvalue weighted by molar-refractivity contribution is 6.39. The van der Waals surface area contributed by atoms with E-state index in [-0.39, 0.29) is 5.91 Å². The highest BCUT2D eigenvalue weighted by atomic mass is 35.5. The van der Waals surface area contributed by atoms with Gasteiger partial charge in [-0.3, -0.25) is 4.79 Å². The molecular weight excluding hydrogens is 259 g/mol. The third kappa shape index (κ3) is 4.56. The average molecular weight is 271 g/mol. The summed E-state index contributed by atoms with van der Waals surface area (Å²) >= 11 is 11.7. The molecule has 0 aliphatic heterocycles. The van der Waals surface area contributed by atoms with E-state index >= 15 is 0 Å². The lowest BCUT2D eigenvalue weighted by Crippen LogP contribution is -2.20. The number of anilines is 1. The van der Waals surface area contributed by atoms with Gasteiger partial charge in [0.15, 0.2) is 0 Å². The molecule has 0 atom stereocenters. The van der Waals surface area contributed by atoms with E-state index in [2.05, 4.69) is 17.2 Å². The highest BCUT2D eigenvalue weighted by Crippen LogP contribution is 2.28. The van der Waals surface area contributed by atoms with Crippen molar-refractivity contribution in [3.05, 3.63) is 27.7 Å². The zero-order valence-corrected chi connectivity index (χ0v) is 10.8. The fourth-order valence-electron chi connectivity index (χ4n) is 1.12. The van der Waals surface area contributed by atoms with E-state index in [9.17, 15) is 4.79 Å². The van der Waals surface area contributed by atoms with Crippen LogP contribution in [0.5, 0.6) is 0 Å². The summed E-state index contributed by atoms with van der Waals surface area (Å²) in [7, 11) is 0. The van der Waals surface area contributed by atoms with Crippen LogP contribution in [0, 0.1) is 11.8 Å². The molecule has 0 aromatic heterocycles. The Labute approximate surface area is 110 Å². The number of halogens is 2. The maximum absolute atomic E-state index is 10.6. The van der Waals surface area contributed by atoms with Crippen LogP contribution >= 0.6 is 23.2 Å². The molecule has 3 N–H and O–H groups in total. The molecule has 1 aromatic rings. The van der Waals surface area contributed by atoms with Crippen LogP contribution in [0.3, 0.4) is 0 Å². The molecule has 0 saturated carbocycles. The van der Waals surface area contributed by atoms with Crippen LogP contribution in [-0.2, 0) is 4.79 Å². The molecule has 3 nitrogen and oxygen atoms in total. The number of carbonyl (C=O) groups is 1. The van der Waals surface area contributed by atoms with Gasteiger partial charge in [-0.1, -0.05) is 35.0 Å². The van der Waals surface area contributed by atoms with E-state index in [1.165, 1.54) is 6.92 Å². The van der Waals surface area contributed by atoms with E-state index in [1.807, 2.05) is 0 Å². The first-order chi connectivity index (χ1) is 8.00. The van der Waals surface area contributed by atoms with E-state index in [4.69, 9.17) is 28.9 Å². The molecule has 0 saturated heterocycles. The molecule has 0 aliphatic rings. The summed E-state index contributed by atoms with van der Waals surface area (Å²) < 4.78 is 0. The Morgan fingerprint density at radius 1 is 1.41 bits per heavy atom. The Kier molecular flexibility index (Phi) is 5.14. The first kappa shape index (κ1) is 13.7. The predicted octanol–water partition coefficient (Wildman–Crippen LogP) is 2.45. The minimum atomic E-state index is -0.0645. The van der Waals surface area contributed by atoms with Crippen molar-refractivity contribution in [2.24, 2.45) is 0 Å². The molecule has 17 heavy (non-hydrogen) atoms. The summed E-state index contributed by atoms with van der Waals surface area (Å²) in [4.78, 5) is 10.6. The molecule has 90 valence electrons. The fourth-order valence-corrected chi connectivity index (χ4v) is 1.61. The van der Waals surface area contributed by atoms with Gasteiger partial charge in [-0.2, -0.15) is 0 Å². The van der Waals surface area contributed by atoms with Crippen molar-refractivity contribution in [2.75, 3.05) is 12.3 Å². The standard InChI is InChI=1S/C12H12Cl2N2O/c1-8(17)16-5-3-2-4-9-6-10(13)12(15)11(14)7-9/h6-7H,3,5,15H2,1H3,(H,16,17). The Balaban J connectivity index is 2.63. The average Bonchev–Trinajstić information content (AvgIpc) is 2.25. The maximum atomic E-state index is 10.6. The summed E-state index contributed by atoms with van der Waals surface area (Å²) in [5, 5.41) is 3.43. The second kappa shape index (κ2) is 6.39. The van der Waals surface area contributed by atoms with Gasteiger partial charge in [0.05, 0.1) is 15.7 Å². The molecule has 5 heteroatoms. The van der Waals surface area contributed by atoms with Crippen LogP contribution in [0.15, 0.2) is 12.1 Å². The van der Waals surface area contributed by atoms with Crippen molar-refractivity contribution >= 4 is 34.8 Å². The van der Waals surface area contributed by atoms with E-state index in [0.717, 1.165) is 0 Å². The number of hydrogen-bond acceptors (Lipinski definition) is 2. The molecule has 0 heterocycles. The first-order valence-electron chi connectivity index (χ1n) is 4.98. The van der Waals surface area contributed by atoms with Gasteiger partial charge < -0.3 is 11.1 Å². The number of carbonyl (C=O) groups excluding carboxylic acids is 1. The zero-order chi connectivity index (χ0) is 12.8. The van der Waals surface area contributed by atoms with E-state index in [1.54, 1.807) is 12.1 Å². The molecule has 0 bridgehead atoms. The van der Waals surface area contributed by atoms with Gasteiger partial charge in [0.25, 0.3) is 0 Å². The number of amides is 1. The van der Waals surface area contributed by atoms with Crippen LogP contribution in [0.2, 0.25) is 10.0 Å². The lowest BCUT2D eigenvalue weighted by Gasteiger charge is -2.01. The van der Waals surface area contributed by atoms with Gasteiger partial charge in [-0.15, -0.1) is 0 Å². The van der Waals surface area contributed by atoms with Crippen molar-refractivity contribution in [3.63, 3.8) is 0 Å². The Hall–Kier alpha value is -1.37. The highest BCUT2D eigenvalue weighted by Gasteiger charge is 2.02. The summed E-state index contributed by atoms with van der Waals surface area (Å²) in [6.45, 7) is 1.99. The summed E-state index contributed by atoms with van der Waals surface area (Å²) in [5.41, 5.74) is 6.66. The quantitative estimate of drug-likeness (QED) is 0.493. The van der Waals surface area contributed by atoms with E-state index in [0.29, 0.717) is 34.3 Å². The molecule has 1 rings (SSSR count). The Morgan fingerprint density at radius 2 is 2.00 bits per heavy atom. The first-order valence-corrected chi connectivity index (χ1v) is 5.74. The van der Waals surface area contributed by atoms with E-state index < -0.39 is 0 Å². The lowest BCUT2D eigenvalue weighted by molar-refractivity contribution is -0.118. The van der Waals surface area contributed by atoms with Crippen molar-refractivity contribution in [1.82, 2.24) is 5.32 Å². The lowest BCUT2D eigenvalue weighted by atomic mass is 10.2. The number of benzene rings is 1. The van der Waals surface area contributed by atoms with Gasteiger partial charge in [-0.05, 0) is 12.1 Å². The Morgan fingerprint density at radius 3 is 2.53 bits per heavy atom.